The number of aliphatic carboxylic acids is 1. The summed E-state index contributed by atoms with van der Waals surface area (Å²) in [5.74, 6) is -4.76. The summed E-state index contributed by atoms with van der Waals surface area (Å²) in [7, 11) is -3.60. The molecule has 1 saturated carbocycles. The Kier molecular flexibility index (Phi) is 11.3. The van der Waals surface area contributed by atoms with Gasteiger partial charge < -0.3 is 21.5 Å². The summed E-state index contributed by atoms with van der Waals surface area (Å²) in [4.78, 5) is 33.8. The zero-order valence-electron chi connectivity index (χ0n) is 21.2. The summed E-state index contributed by atoms with van der Waals surface area (Å²) in [5.41, 5.74) is 4.85. The maximum absolute atomic E-state index is 12.8. The van der Waals surface area contributed by atoms with Crippen molar-refractivity contribution in [2.45, 2.75) is 48.6 Å². The van der Waals surface area contributed by atoms with Crippen LogP contribution in [0.3, 0.4) is 0 Å². The van der Waals surface area contributed by atoms with Gasteiger partial charge in [-0.2, -0.15) is 26.3 Å². The quantitative estimate of drug-likeness (QED) is 0.351. The monoisotopic (exact) mass is 611 g/mol. The van der Waals surface area contributed by atoms with Crippen molar-refractivity contribution in [2.24, 2.45) is 11.7 Å². The van der Waals surface area contributed by atoms with Crippen LogP contribution in [-0.4, -0.2) is 61.9 Å². The van der Waals surface area contributed by atoms with Gasteiger partial charge in [0.2, 0.25) is 5.91 Å². The lowest BCUT2D eigenvalue weighted by Crippen LogP contribution is -2.50. The van der Waals surface area contributed by atoms with Gasteiger partial charge in [-0.3, -0.25) is 9.59 Å². The molecule has 0 aromatic heterocycles. The molecule has 226 valence electrons. The molecule has 0 bridgehead atoms. The second-order valence-corrected chi connectivity index (χ2v) is 11.2. The number of sulfone groups is 1. The van der Waals surface area contributed by atoms with E-state index in [0.29, 0.717) is 25.3 Å². The van der Waals surface area contributed by atoms with Crippen LogP contribution in [0.5, 0.6) is 0 Å². The number of hydrogen-bond acceptors (Lipinski definition) is 6. The number of halogens is 6. The van der Waals surface area contributed by atoms with Crippen LogP contribution in [0.4, 0.5) is 26.3 Å². The molecule has 41 heavy (non-hydrogen) atoms. The van der Waals surface area contributed by atoms with Crippen molar-refractivity contribution in [3.05, 3.63) is 65.7 Å². The minimum Gasteiger partial charge on any atom is -0.475 e. The predicted octanol–water partition coefficient (Wildman–Crippen LogP) is 3.15. The Morgan fingerprint density at radius 1 is 0.951 bits per heavy atom. The molecule has 0 aliphatic heterocycles. The molecule has 3 rings (SSSR count). The van der Waals surface area contributed by atoms with E-state index in [0.717, 1.165) is 12.1 Å². The number of hydrogen-bond donors (Lipinski definition) is 4. The molecule has 16 heteroatoms. The van der Waals surface area contributed by atoms with Crippen LogP contribution in [0.15, 0.2) is 59.5 Å². The van der Waals surface area contributed by atoms with Crippen LogP contribution >= 0.6 is 0 Å². The molecule has 5 N–H and O–H groups in total. The number of amides is 2. The molecule has 0 saturated heterocycles. The molecule has 2 aromatic rings. The first-order valence-corrected chi connectivity index (χ1v) is 13.6. The first kappa shape index (κ1) is 33.5. The lowest BCUT2D eigenvalue weighted by molar-refractivity contribution is -0.192. The van der Waals surface area contributed by atoms with Crippen LogP contribution in [0.2, 0.25) is 0 Å². The number of carbonyl (C=O) groups excluding carboxylic acids is 2. The average molecular weight is 612 g/mol. The molecule has 0 heterocycles. The normalized spacial score (nSPS) is 19.3. The lowest BCUT2D eigenvalue weighted by atomic mass is 9.83. The van der Waals surface area contributed by atoms with Crippen molar-refractivity contribution in [1.29, 1.82) is 0 Å². The van der Waals surface area contributed by atoms with Crippen molar-refractivity contribution in [1.82, 2.24) is 10.6 Å². The Hall–Kier alpha value is -3.66. The molecule has 2 aromatic carbocycles. The van der Waals surface area contributed by atoms with Gasteiger partial charge in [0.1, 0.15) is 0 Å². The third-order valence-electron chi connectivity index (χ3n) is 6.01. The van der Waals surface area contributed by atoms with E-state index in [1.165, 1.54) is 18.2 Å². The number of nitrogens with two attached hydrogens (primary N) is 1. The fraction of sp³-hybridized carbons (Fsp3) is 0.400. The van der Waals surface area contributed by atoms with Gasteiger partial charge in [-0.25, -0.2) is 13.2 Å². The van der Waals surface area contributed by atoms with Crippen molar-refractivity contribution >= 4 is 27.6 Å². The minimum atomic E-state index is -5.08. The van der Waals surface area contributed by atoms with Crippen LogP contribution in [0, 0.1) is 5.92 Å². The van der Waals surface area contributed by atoms with E-state index in [1.807, 2.05) is 0 Å². The second kappa shape index (κ2) is 13.8. The van der Waals surface area contributed by atoms with Gasteiger partial charge in [0, 0.05) is 17.6 Å². The van der Waals surface area contributed by atoms with Gasteiger partial charge in [-0.15, -0.1) is 0 Å². The van der Waals surface area contributed by atoms with E-state index >= 15 is 0 Å². The number of carboxylic acid groups (broad SMARTS) is 1. The molecular formula is C25H27F6N3O6S. The Morgan fingerprint density at radius 2 is 1.56 bits per heavy atom. The van der Waals surface area contributed by atoms with Gasteiger partial charge >= 0.3 is 18.3 Å². The third-order valence-corrected chi connectivity index (χ3v) is 7.87. The molecule has 0 unspecified atom stereocenters. The highest BCUT2D eigenvalue weighted by Crippen LogP contribution is 2.30. The van der Waals surface area contributed by atoms with E-state index in [1.54, 1.807) is 18.2 Å². The number of rotatable bonds is 7. The Bertz CT molecular complexity index is 1320. The number of nitrogens with one attached hydrogen (secondary N) is 2. The minimum absolute atomic E-state index is 0.188. The van der Waals surface area contributed by atoms with E-state index in [-0.39, 0.29) is 22.3 Å². The zero-order valence-corrected chi connectivity index (χ0v) is 22.0. The number of carboxylic acids is 1. The van der Waals surface area contributed by atoms with Crippen LogP contribution in [-0.2, 0) is 25.6 Å². The highest BCUT2D eigenvalue weighted by Gasteiger charge is 2.38. The van der Waals surface area contributed by atoms with Crippen LogP contribution < -0.4 is 16.4 Å². The van der Waals surface area contributed by atoms with E-state index in [4.69, 9.17) is 15.6 Å². The van der Waals surface area contributed by atoms with Gasteiger partial charge in [0.25, 0.3) is 5.91 Å². The highest BCUT2D eigenvalue weighted by atomic mass is 32.2. The topological polar surface area (TPSA) is 156 Å². The molecule has 1 aliphatic carbocycles. The first-order chi connectivity index (χ1) is 18.9. The van der Waals surface area contributed by atoms with Crippen molar-refractivity contribution in [3.63, 3.8) is 0 Å². The Balaban J connectivity index is 0.000000745. The Morgan fingerprint density at radius 3 is 2.12 bits per heavy atom. The maximum atomic E-state index is 12.8. The van der Waals surface area contributed by atoms with Gasteiger partial charge in [0.15, 0.2) is 9.84 Å². The van der Waals surface area contributed by atoms with Gasteiger partial charge in [0.05, 0.1) is 22.8 Å². The number of benzene rings is 2. The number of alkyl halides is 6. The summed E-state index contributed by atoms with van der Waals surface area (Å²) in [6.45, 7) is -0.463. The standard InChI is InChI=1S/C23H26F3N3O4S.C2HF3O2/c24-23(25,26)17-6-4-5-15(11-17)22(31)28-13-21(30)29-20-10-9-18(27)12-16(20)14-34(32,33)19-7-2-1-3-8-19;3-2(4,5)1(6)7/h1-8,11,16,18,20H,9-10,12-14,27H2,(H,28,31)(H,29,30);(H,6,7)/t16-,18+,20-;/m0./s1. The largest absolute Gasteiger partial charge is 0.490 e. The molecule has 9 nitrogen and oxygen atoms in total. The lowest BCUT2D eigenvalue weighted by Gasteiger charge is -2.35. The summed E-state index contributed by atoms with van der Waals surface area (Å²) < 4.78 is 95.9. The summed E-state index contributed by atoms with van der Waals surface area (Å²) in [6.07, 6.45) is -8.19. The summed E-state index contributed by atoms with van der Waals surface area (Å²) in [6, 6.07) is 11.2. The fourth-order valence-corrected chi connectivity index (χ4v) is 5.73. The zero-order chi connectivity index (χ0) is 31.0. The smallest absolute Gasteiger partial charge is 0.475 e. The number of carbonyl (C=O) groups is 3. The Labute approximate surface area is 231 Å². The molecule has 1 fully saturated rings. The van der Waals surface area contributed by atoms with Gasteiger partial charge in [-0.05, 0) is 55.5 Å². The fourth-order valence-electron chi connectivity index (χ4n) is 4.04. The molecule has 1 aliphatic rings. The van der Waals surface area contributed by atoms with E-state index in [2.05, 4.69) is 10.6 Å². The van der Waals surface area contributed by atoms with E-state index in [9.17, 15) is 44.3 Å². The second-order valence-electron chi connectivity index (χ2n) is 9.17. The SMILES string of the molecule is N[C@@H]1CC[C@H](NC(=O)CNC(=O)c2cccc(C(F)(F)F)c2)[C@H](CS(=O)(=O)c2ccccc2)C1.O=C(O)C(F)(F)F. The van der Waals surface area contributed by atoms with Crippen molar-refractivity contribution in [3.8, 4) is 0 Å². The molecule has 2 amide bonds. The molecule has 0 spiro atoms. The van der Waals surface area contributed by atoms with Crippen LogP contribution in [0.25, 0.3) is 0 Å². The highest BCUT2D eigenvalue weighted by molar-refractivity contribution is 7.91. The molecular weight excluding hydrogens is 584 g/mol. The van der Waals surface area contributed by atoms with Gasteiger partial charge in [-0.1, -0.05) is 24.3 Å². The third kappa shape index (κ3) is 10.7. The van der Waals surface area contributed by atoms with Crippen LogP contribution in [0.1, 0.15) is 35.2 Å². The summed E-state index contributed by atoms with van der Waals surface area (Å²) in [5, 5.41) is 12.2. The first-order valence-electron chi connectivity index (χ1n) is 12.0. The van der Waals surface area contributed by atoms with Crippen molar-refractivity contribution in [2.75, 3.05) is 12.3 Å². The molecule has 3 atom stereocenters. The molecule has 0 radical (unpaired) electrons. The predicted molar refractivity (Wildman–Crippen MR) is 133 cm³/mol. The van der Waals surface area contributed by atoms with Crippen molar-refractivity contribution < 1.29 is 54.3 Å². The maximum Gasteiger partial charge on any atom is 0.490 e. The van der Waals surface area contributed by atoms with E-state index < -0.39 is 64.0 Å². The summed E-state index contributed by atoms with van der Waals surface area (Å²) >= 11 is 0. The average Bonchev–Trinajstić information content (AvgIpc) is 2.88.